The van der Waals surface area contributed by atoms with Crippen molar-refractivity contribution < 1.29 is 13.9 Å². The van der Waals surface area contributed by atoms with Crippen LogP contribution in [0.4, 0.5) is 21.7 Å². The average Bonchev–Trinajstić information content (AvgIpc) is 2.78. The molecule has 0 aliphatic carbocycles. The van der Waals surface area contributed by atoms with E-state index in [1.54, 1.807) is 50.6 Å². The third-order valence-electron chi connectivity index (χ3n) is 4.32. The quantitative estimate of drug-likeness (QED) is 0.486. The smallest absolute Gasteiger partial charge is 0.469 e. The van der Waals surface area contributed by atoms with Crippen molar-refractivity contribution in [3.63, 3.8) is 0 Å². The molecule has 0 fully saturated rings. The van der Waals surface area contributed by atoms with Crippen LogP contribution in [0.1, 0.15) is 5.56 Å². The van der Waals surface area contributed by atoms with E-state index >= 15 is 0 Å². The molecule has 0 saturated heterocycles. The Morgan fingerprint density at radius 2 is 1.50 bits per heavy atom. The lowest BCUT2D eigenvalue weighted by Crippen LogP contribution is -1.98. The number of methoxy groups -OCH3 is 2. The van der Waals surface area contributed by atoms with E-state index in [1.165, 1.54) is 6.07 Å². The van der Waals surface area contributed by atoms with Gasteiger partial charge in [0.1, 0.15) is 28.4 Å². The summed E-state index contributed by atoms with van der Waals surface area (Å²) >= 11 is 0. The predicted molar refractivity (Wildman–Crippen MR) is 115 cm³/mol. The monoisotopic (exact) mass is 401 g/mol. The fourth-order valence-corrected chi connectivity index (χ4v) is 2.83. The highest BCUT2D eigenvalue weighted by molar-refractivity contribution is 5.82. The van der Waals surface area contributed by atoms with Crippen molar-refractivity contribution in [1.29, 1.82) is 0 Å². The fourth-order valence-electron chi connectivity index (χ4n) is 2.83. The summed E-state index contributed by atoms with van der Waals surface area (Å²) in [6.45, 7) is 0. The second-order valence-electron chi connectivity index (χ2n) is 6.31. The van der Waals surface area contributed by atoms with E-state index in [4.69, 9.17) is 9.47 Å². The van der Waals surface area contributed by atoms with Crippen LogP contribution in [0.25, 0.3) is 15.9 Å². The van der Waals surface area contributed by atoms with Crippen LogP contribution in [-0.4, -0.2) is 24.2 Å². The van der Waals surface area contributed by atoms with E-state index < -0.39 is 5.82 Å². The van der Waals surface area contributed by atoms with Crippen LogP contribution in [0.2, 0.25) is 0 Å². The summed E-state index contributed by atoms with van der Waals surface area (Å²) in [5.41, 5.74) is 2.28. The Labute approximate surface area is 172 Å². The van der Waals surface area contributed by atoms with Gasteiger partial charge in [0.15, 0.2) is 6.07 Å². The molecule has 4 rings (SSSR count). The van der Waals surface area contributed by atoms with E-state index in [0.29, 0.717) is 34.0 Å². The molecule has 30 heavy (non-hydrogen) atoms. The molecule has 148 valence electrons. The minimum Gasteiger partial charge on any atom is -0.497 e. The molecule has 6 nitrogen and oxygen atoms in total. The van der Waals surface area contributed by atoms with Gasteiger partial charge in [0.2, 0.25) is 11.3 Å². The van der Waals surface area contributed by atoms with Crippen LogP contribution in [0.3, 0.4) is 0 Å². The fraction of sp³-hybridized carbons (Fsp3) is 0.0870. The minimum atomic E-state index is -0.415. The highest BCUT2D eigenvalue weighted by atomic mass is 19.1. The van der Waals surface area contributed by atoms with Gasteiger partial charge in [0.05, 0.1) is 14.2 Å². The Morgan fingerprint density at radius 1 is 0.867 bits per heavy atom. The highest BCUT2D eigenvalue weighted by Gasteiger charge is 2.19. The Morgan fingerprint density at radius 3 is 2.17 bits per heavy atom. The van der Waals surface area contributed by atoms with E-state index in [0.717, 1.165) is 0 Å². The van der Waals surface area contributed by atoms with Crippen LogP contribution >= 0.6 is 0 Å². The Bertz CT molecular complexity index is 1260. The normalized spacial score (nSPS) is 10.2. The predicted octanol–water partition coefficient (Wildman–Crippen LogP) is 5.54. The molecule has 0 atom stereocenters. The van der Waals surface area contributed by atoms with E-state index in [2.05, 4.69) is 26.2 Å². The summed E-state index contributed by atoms with van der Waals surface area (Å²) in [6, 6.07) is 21.8. The van der Waals surface area contributed by atoms with E-state index in [9.17, 15) is 4.39 Å². The summed E-state index contributed by atoms with van der Waals surface area (Å²) in [4.78, 5) is 13.5. The molecule has 1 N–H and O–H groups in total. The standard InChI is InChI=1S/C23H18FN4O2/c1-29-17-11-16(12-18(13-17)30-2)26-23-22(25-14-15-7-3-4-8-19(15)24)27-20-9-5-6-10-21(20)28-23/h3-13H,1-2H3,(H,26,28)/q+1. The van der Waals surface area contributed by atoms with Gasteiger partial charge in [-0.3, -0.25) is 0 Å². The number of hydrogen-bond acceptors (Lipinski definition) is 5. The van der Waals surface area contributed by atoms with Gasteiger partial charge in [-0.1, -0.05) is 24.3 Å². The third-order valence-corrected chi connectivity index (χ3v) is 4.32. The number of nitrogens with zero attached hydrogens (tertiary/aromatic N) is 3. The SMILES string of the molecule is COc1cc(Nc2nc3ccccc3nc2[N+]#Cc2ccccc2F)cc(OC)c1. The minimum absolute atomic E-state index is 0.237. The lowest BCUT2D eigenvalue weighted by Gasteiger charge is -2.09. The first-order valence-electron chi connectivity index (χ1n) is 9.14. The van der Waals surface area contributed by atoms with Crippen molar-refractivity contribution in [1.82, 2.24) is 9.97 Å². The van der Waals surface area contributed by atoms with Crippen molar-refractivity contribution in [2.45, 2.75) is 0 Å². The number of para-hydroxylation sites is 2. The van der Waals surface area contributed by atoms with Gasteiger partial charge in [-0.05, 0) is 29.2 Å². The molecule has 0 aliphatic heterocycles. The maximum absolute atomic E-state index is 14.0. The molecule has 0 spiro atoms. The zero-order chi connectivity index (χ0) is 20.9. The molecule has 0 saturated carbocycles. The lowest BCUT2D eigenvalue weighted by atomic mass is 10.2. The van der Waals surface area contributed by atoms with Gasteiger partial charge in [-0.2, -0.15) is 0 Å². The molecular weight excluding hydrogens is 383 g/mol. The highest BCUT2D eigenvalue weighted by Crippen LogP contribution is 2.31. The Hall–Kier alpha value is -4.18. The van der Waals surface area contributed by atoms with Crippen molar-refractivity contribution in [2.75, 3.05) is 19.5 Å². The molecule has 0 radical (unpaired) electrons. The summed E-state index contributed by atoms with van der Waals surface area (Å²) in [7, 11) is 3.15. The molecule has 4 aromatic rings. The molecule has 3 aromatic carbocycles. The van der Waals surface area contributed by atoms with E-state index in [-0.39, 0.29) is 11.4 Å². The summed E-state index contributed by atoms with van der Waals surface area (Å²) < 4.78 is 24.6. The number of hydrogen-bond donors (Lipinski definition) is 1. The van der Waals surface area contributed by atoms with Crippen LogP contribution in [-0.2, 0) is 0 Å². The Balaban J connectivity index is 1.81. The molecule has 7 heteroatoms. The number of ether oxygens (including phenoxy) is 2. The first-order valence-corrected chi connectivity index (χ1v) is 9.14. The van der Waals surface area contributed by atoms with Gasteiger partial charge >= 0.3 is 5.82 Å². The second-order valence-corrected chi connectivity index (χ2v) is 6.31. The molecular formula is C23H18FN4O2+. The topological polar surface area (TPSA) is 60.6 Å². The van der Waals surface area contributed by atoms with Gasteiger partial charge < -0.3 is 14.8 Å². The maximum Gasteiger partial charge on any atom is 0.469 e. The van der Waals surface area contributed by atoms with Crippen LogP contribution in [0.5, 0.6) is 11.5 Å². The van der Waals surface area contributed by atoms with Gasteiger partial charge in [0, 0.05) is 23.9 Å². The number of benzene rings is 3. The first-order chi connectivity index (χ1) is 14.7. The summed E-state index contributed by atoms with van der Waals surface area (Å²) in [5.74, 6) is 1.50. The van der Waals surface area contributed by atoms with Gasteiger partial charge in [-0.25, -0.2) is 9.37 Å². The van der Waals surface area contributed by atoms with Crippen molar-refractivity contribution in [3.05, 3.63) is 83.0 Å². The van der Waals surface area contributed by atoms with Crippen molar-refractivity contribution >= 4 is 28.4 Å². The number of fused-ring (bicyclic) bond motifs is 1. The second kappa shape index (κ2) is 8.45. The summed E-state index contributed by atoms with van der Waals surface area (Å²) in [5, 5.41) is 3.20. The first kappa shape index (κ1) is 19.2. The van der Waals surface area contributed by atoms with Crippen LogP contribution < -0.4 is 14.8 Å². The molecule has 1 aromatic heterocycles. The number of aromatic nitrogens is 2. The lowest BCUT2D eigenvalue weighted by molar-refractivity contribution is 0.395. The zero-order valence-corrected chi connectivity index (χ0v) is 16.4. The van der Waals surface area contributed by atoms with E-state index in [1.807, 2.05) is 24.3 Å². The van der Waals surface area contributed by atoms with Crippen molar-refractivity contribution in [2.24, 2.45) is 0 Å². The molecule has 0 unspecified atom stereocenters. The maximum atomic E-state index is 14.0. The van der Waals surface area contributed by atoms with Gasteiger partial charge in [-0.15, -0.1) is 4.85 Å². The average molecular weight is 401 g/mol. The van der Waals surface area contributed by atoms with Crippen LogP contribution in [0.15, 0.2) is 66.7 Å². The largest absolute Gasteiger partial charge is 0.497 e. The molecule has 0 aliphatic rings. The number of rotatable bonds is 4. The number of halogens is 1. The molecule has 0 bridgehead atoms. The number of nitrogens with one attached hydrogen (secondary N) is 1. The number of anilines is 2. The zero-order valence-electron chi connectivity index (χ0n) is 16.4. The molecule has 1 heterocycles. The van der Waals surface area contributed by atoms with Crippen LogP contribution in [0, 0.1) is 11.9 Å². The van der Waals surface area contributed by atoms with Crippen molar-refractivity contribution in [3.8, 4) is 17.6 Å². The molecule has 0 amide bonds. The summed E-state index contributed by atoms with van der Waals surface area (Å²) in [6.07, 6.45) is 0. The van der Waals surface area contributed by atoms with Gasteiger partial charge in [0.25, 0.3) is 0 Å². The Kier molecular flexibility index (Phi) is 5.39. The third kappa shape index (κ3) is 4.13.